The van der Waals surface area contributed by atoms with E-state index >= 15 is 0 Å². The van der Waals surface area contributed by atoms with Gasteiger partial charge < -0.3 is 0 Å². The second-order valence-corrected chi connectivity index (χ2v) is 6.03. The van der Waals surface area contributed by atoms with Crippen LogP contribution in [0.4, 0.5) is 0 Å². The van der Waals surface area contributed by atoms with E-state index in [1.807, 2.05) is 44.2 Å². The van der Waals surface area contributed by atoms with E-state index in [0.29, 0.717) is 12.3 Å². The normalized spacial score (nSPS) is 13.8. The zero-order valence-corrected chi connectivity index (χ0v) is 10.5. The first-order valence-electron chi connectivity index (χ1n) is 5.20. The van der Waals surface area contributed by atoms with Crippen LogP contribution in [0, 0.1) is 18.3 Å². The highest BCUT2D eigenvalue weighted by atomic mass is 32.2. The van der Waals surface area contributed by atoms with Crippen LogP contribution in [-0.4, -0.2) is 16.5 Å². The van der Waals surface area contributed by atoms with Crippen molar-refractivity contribution in [1.82, 2.24) is 0 Å². The van der Waals surface area contributed by atoms with E-state index in [1.165, 1.54) is 5.56 Å². The Hall–Kier alpha value is -1.34. The highest BCUT2D eigenvalue weighted by Crippen LogP contribution is 2.10. The van der Waals surface area contributed by atoms with Crippen molar-refractivity contribution in [2.24, 2.45) is 4.36 Å². The van der Waals surface area contributed by atoms with Gasteiger partial charge in [0.1, 0.15) is 5.75 Å². The van der Waals surface area contributed by atoms with Crippen molar-refractivity contribution in [3.8, 4) is 6.07 Å². The summed E-state index contributed by atoms with van der Waals surface area (Å²) in [6.07, 6.45) is 0. The number of nitriles is 1. The van der Waals surface area contributed by atoms with Crippen LogP contribution in [0.2, 0.25) is 0 Å². The van der Waals surface area contributed by atoms with Gasteiger partial charge in [0.25, 0.3) is 0 Å². The topological polar surface area (TPSA) is 53.2 Å². The van der Waals surface area contributed by atoms with Gasteiger partial charge in [-0.05, 0) is 19.4 Å². The molecule has 0 amide bonds. The minimum atomic E-state index is -2.39. The number of hydrogen-bond acceptors (Lipinski definition) is 3. The number of rotatable bonds is 4. The fourth-order valence-corrected chi connectivity index (χ4v) is 3.09. The molecule has 0 saturated carbocycles. The Balaban J connectivity index is 2.94. The molecular weight excluding hydrogens is 220 g/mol. The summed E-state index contributed by atoms with van der Waals surface area (Å²) in [5.74, 6) is 0.378. The largest absolute Gasteiger partial charge is 0.248 e. The fourth-order valence-electron chi connectivity index (χ4n) is 1.42. The van der Waals surface area contributed by atoms with Crippen molar-refractivity contribution in [2.75, 3.05) is 12.3 Å². The van der Waals surface area contributed by atoms with E-state index in [0.717, 1.165) is 5.56 Å². The Morgan fingerprint density at radius 3 is 2.50 bits per heavy atom. The van der Waals surface area contributed by atoms with E-state index in [2.05, 4.69) is 4.36 Å². The van der Waals surface area contributed by atoms with Gasteiger partial charge in [0.15, 0.2) is 0 Å². The molecule has 0 fully saturated rings. The quantitative estimate of drug-likeness (QED) is 0.806. The molecule has 1 aromatic carbocycles. The molecule has 0 aliphatic carbocycles. The van der Waals surface area contributed by atoms with Crippen LogP contribution >= 0.6 is 0 Å². The van der Waals surface area contributed by atoms with Crippen molar-refractivity contribution < 1.29 is 4.21 Å². The van der Waals surface area contributed by atoms with Crippen molar-refractivity contribution in [2.45, 2.75) is 19.6 Å². The summed E-state index contributed by atoms with van der Waals surface area (Å²) >= 11 is 0. The SMILES string of the molecule is CCN=S(=O)(CC#N)Cc1ccc(C)cc1. The lowest BCUT2D eigenvalue weighted by atomic mass is 10.2. The summed E-state index contributed by atoms with van der Waals surface area (Å²) < 4.78 is 16.3. The highest BCUT2D eigenvalue weighted by Gasteiger charge is 2.09. The smallest absolute Gasteiger partial charge is 0.119 e. The third-order valence-electron chi connectivity index (χ3n) is 2.17. The third-order valence-corrected chi connectivity index (χ3v) is 4.26. The minimum Gasteiger partial charge on any atom is -0.248 e. The molecular formula is C12H16N2OS. The van der Waals surface area contributed by atoms with Gasteiger partial charge in [-0.3, -0.25) is 0 Å². The van der Waals surface area contributed by atoms with Crippen molar-refractivity contribution in [3.05, 3.63) is 35.4 Å². The maximum atomic E-state index is 12.3. The molecule has 16 heavy (non-hydrogen) atoms. The van der Waals surface area contributed by atoms with E-state index in [1.54, 1.807) is 0 Å². The molecule has 0 spiro atoms. The zero-order valence-electron chi connectivity index (χ0n) is 9.64. The monoisotopic (exact) mass is 236 g/mol. The maximum Gasteiger partial charge on any atom is 0.119 e. The van der Waals surface area contributed by atoms with Gasteiger partial charge >= 0.3 is 0 Å². The van der Waals surface area contributed by atoms with Crippen LogP contribution in [-0.2, 0) is 15.5 Å². The lowest BCUT2D eigenvalue weighted by molar-refractivity contribution is 0.676. The predicted octanol–water partition coefficient (Wildman–Crippen LogP) is 2.51. The summed E-state index contributed by atoms with van der Waals surface area (Å²) in [5, 5.41) is 8.66. The first kappa shape index (κ1) is 12.7. The molecule has 0 radical (unpaired) electrons. The molecule has 0 bridgehead atoms. The van der Waals surface area contributed by atoms with Gasteiger partial charge in [-0.25, -0.2) is 8.57 Å². The van der Waals surface area contributed by atoms with Gasteiger partial charge in [-0.1, -0.05) is 29.8 Å². The lowest BCUT2D eigenvalue weighted by Gasteiger charge is -2.06. The average molecular weight is 236 g/mol. The van der Waals surface area contributed by atoms with E-state index in [-0.39, 0.29) is 5.75 Å². The first-order valence-corrected chi connectivity index (χ1v) is 7.06. The van der Waals surface area contributed by atoms with Crippen molar-refractivity contribution in [3.63, 3.8) is 0 Å². The van der Waals surface area contributed by atoms with Crippen molar-refractivity contribution >= 4 is 9.73 Å². The minimum absolute atomic E-state index is 0.00865. The van der Waals surface area contributed by atoms with E-state index < -0.39 is 9.73 Å². The predicted molar refractivity (Wildman–Crippen MR) is 66.5 cm³/mol. The fraction of sp³-hybridized carbons (Fsp3) is 0.417. The van der Waals surface area contributed by atoms with Crippen LogP contribution in [0.25, 0.3) is 0 Å². The molecule has 0 saturated heterocycles. The summed E-state index contributed by atoms with van der Waals surface area (Å²) in [5.41, 5.74) is 2.14. The van der Waals surface area contributed by atoms with Crippen molar-refractivity contribution in [1.29, 1.82) is 5.26 Å². The summed E-state index contributed by atoms with van der Waals surface area (Å²) in [6.45, 7) is 4.34. The number of nitrogens with zero attached hydrogens (tertiary/aromatic N) is 2. The average Bonchev–Trinajstić information content (AvgIpc) is 2.22. The Labute approximate surface area is 97.3 Å². The Kier molecular flexibility index (Phi) is 4.51. The molecule has 1 aromatic rings. The molecule has 3 nitrogen and oxygen atoms in total. The standard InChI is InChI=1S/C12H16N2OS/c1-3-14-16(15,9-8-13)10-12-6-4-11(2)5-7-12/h4-7H,3,9-10H2,1-2H3. The summed E-state index contributed by atoms with van der Waals surface area (Å²) in [4.78, 5) is 0. The van der Waals surface area contributed by atoms with Crippen LogP contribution in [0.15, 0.2) is 28.6 Å². The summed E-state index contributed by atoms with van der Waals surface area (Å²) in [7, 11) is -2.39. The summed E-state index contributed by atoms with van der Waals surface area (Å²) in [6, 6.07) is 9.80. The van der Waals surface area contributed by atoms with Gasteiger partial charge in [-0.2, -0.15) is 5.26 Å². The molecule has 0 aromatic heterocycles. The molecule has 0 N–H and O–H groups in total. The third kappa shape index (κ3) is 3.67. The van der Waals surface area contributed by atoms with Gasteiger partial charge in [0.05, 0.1) is 21.6 Å². The Bertz CT molecular complexity index is 491. The lowest BCUT2D eigenvalue weighted by Crippen LogP contribution is -2.08. The molecule has 1 rings (SSSR count). The van der Waals surface area contributed by atoms with Gasteiger partial charge in [-0.15, -0.1) is 0 Å². The van der Waals surface area contributed by atoms with Gasteiger partial charge in [0, 0.05) is 6.54 Å². The Morgan fingerprint density at radius 1 is 1.38 bits per heavy atom. The highest BCUT2D eigenvalue weighted by molar-refractivity contribution is 7.93. The molecule has 4 heteroatoms. The molecule has 1 atom stereocenters. The van der Waals surface area contributed by atoms with Crippen LogP contribution in [0.1, 0.15) is 18.1 Å². The molecule has 0 heterocycles. The van der Waals surface area contributed by atoms with Crippen LogP contribution < -0.4 is 0 Å². The molecule has 0 aliphatic rings. The second kappa shape index (κ2) is 5.66. The number of aryl methyl sites for hydroxylation is 1. The Morgan fingerprint density at radius 2 is 2.00 bits per heavy atom. The maximum absolute atomic E-state index is 12.3. The van der Waals surface area contributed by atoms with E-state index in [9.17, 15) is 4.21 Å². The molecule has 86 valence electrons. The number of hydrogen-bond donors (Lipinski definition) is 0. The van der Waals surface area contributed by atoms with Crippen LogP contribution in [0.5, 0.6) is 0 Å². The first-order chi connectivity index (χ1) is 7.59. The zero-order chi connectivity index (χ0) is 12.0. The second-order valence-electron chi connectivity index (χ2n) is 3.65. The molecule has 1 unspecified atom stereocenters. The van der Waals surface area contributed by atoms with E-state index in [4.69, 9.17) is 5.26 Å². The number of benzene rings is 1. The van der Waals surface area contributed by atoms with Crippen LogP contribution in [0.3, 0.4) is 0 Å². The van der Waals surface area contributed by atoms with Gasteiger partial charge in [0.2, 0.25) is 0 Å². The molecule has 0 aliphatic heterocycles.